The Labute approximate surface area is 192 Å². The lowest BCUT2D eigenvalue weighted by Gasteiger charge is -2.38. The molecule has 0 aliphatic carbocycles. The third-order valence-corrected chi connectivity index (χ3v) is 6.79. The molecule has 3 aliphatic heterocycles. The minimum Gasteiger partial charge on any atom is -0.376 e. The number of hydrogen-bond donors (Lipinski definition) is 2. The van der Waals surface area contributed by atoms with Crippen molar-refractivity contribution in [2.24, 2.45) is 11.8 Å². The van der Waals surface area contributed by atoms with Gasteiger partial charge in [-0.25, -0.2) is 14.8 Å². The molecule has 0 saturated carbocycles. The number of fused-ring (bicyclic) bond motifs is 1. The number of carbonyl (C=O) groups excluding carboxylic acids is 2. The Morgan fingerprint density at radius 2 is 1.91 bits per heavy atom. The van der Waals surface area contributed by atoms with Crippen molar-refractivity contribution in [3.8, 4) is 0 Å². The van der Waals surface area contributed by atoms with Gasteiger partial charge in [0.15, 0.2) is 0 Å². The third-order valence-electron chi connectivity index (χ3n) is 6.79. The number of hydrogen-bond acceptors (Lipinski definition) is 5. The molecule has 0 bridgehead atoms. The van der Waals surface area contributed by atoms with Crippen molar-refractivity contribution in [1.82, 2.24) is 15.6 Å². The quantitative estimate of drug-likeness (QED) is 0.702. The van der Waals surface area contributed by atoms with E-state index in [1.807, 2.05) is 30.3 Å². The summed E-state index contributed by atoms with van der Waals surface area (Å²) in [7, 11) is 0. The summed E-state index contributed by atoms with van der Waals surface area (Å²) in [6, 6.07) is 15.5. The number of amides is 2. The summed E-state index contributed by atoms with van der Waals surface area (Å²) in [5.41, 5.74) is 5.04. The van der Waals surface area contributed by atoms with Crippen LogP contribution in [0.15, 0.2) is 54.6 Å². The van der Waals surface area contributed by atoms with E-state index in [9.17, 15) is 14.0 Å². The lowest BCUT2D eigenvalue weighted by molar-refractivity contribution is -0.130. The third kappa shape index (κ3) is 4.78. The van der Waals surface area contributed by atoms with Crippen molar-refractivity contribution in [1.29, 1.82) is 0 Å². The van der Waals surface area contributed by atoms with Crippen LogP contribution in [0.4, 0.5) is 10.1 Å². The number of hydrazine groups is 1. The molecule has 0 radical (unpaired) electrons. The van der Waals surface area contributed by atoms with Gasteiger partial charge in [0.05, 0.1) is 29.7 Å². The maximum atomic E-state index is 13.4. The fraction of sp³-hybridized carbons (Fsp3) is 0.440. The normalized spacial score (nSPS) is 27.5. The summed E-state index contributed by atoms with van der Waals surface area (Å²) < 4.78 is 19.0. The molecule has 3 heterocycles. The van der Waals surface area contributed by atoms with Crippen LogP contribution in [0.5, 0.6) is 0 Å². The fourth-order valence-electron chi connectivity index (χ4n) is 5.08. The number of piperidine rings is 1. The van der Waals surface area contributed by atoms with Crippen LogP contribution in [0.3, 0.4) is 0 Å². The number of rotatable bonds is 6. The van der Waals surface area contributed by atoms with Crippen LogP contribution in [0.2, 0.25) is 0 Å². The van der Waals surface area contributed by atoms with Gasteiger partial charge in [-0.1, -0.05) is 30.3 Å². The molecule has 0 spiro atoms. The van der Waals surface area contributed by atoms with Crippen molar-refractivity contribution < 1.29 is 18.7 Å². The molecule has 5 rings (SSSR count). The summed E-state index contributed by atoms with van der Waals surface area (Å²) in [6.45, 7) is 2.83. The zero-order valence-corrected chi connectivity index (χ0v) is 18.5. The van der Waals surface area contributed by atoms with Crippen LogP contribution < -0.4 is 15.8 Å². The Morgan fingerprint density at radius 1 is 1.12 bits per heavy atom. The van der Waals surface area contributed by atoms with Gasteiger partial charge in [0.25, 0.3) is 0 Å². The summed E-state index contributed by atoms with van der Waals surface area (Å²) in [6.07, 6.45) is 2.02. The van der Waals surface area contributed by atoms with Crippen molar-refractivity contribution in [3.05, 3.63) is 66.0 Å². The van der Waals surface area contributed by atoms with E-state index in [1.54, 1.807) is 17.1 Å². The number of ether oxygens (including phenoxy) is 1. The van der Waals surface area contributed by atoms with Crippen LogP contribution in [0.25, 0.3) is 0 Å². The molecule has 174 valence electrons. The number of nitrogens with zero attached hydrogens (tertiary/aromatic N) is 2. The van der Waals surface area contributed by atoms with E-state index in [4.69, 9.17) is 4.74 Å². The van der Waals surface area contributed by atoms with Gasteiger partial charge in [0, 0.05) is 32.8 Å². The molecule has 7 nitrogen and oxygen atoms in total. The standard InChI is InChI=1S/C25H29FN4O3/c26-18-10-8-17(9-11-18)14-29-15-21(24(31)27-13-20-7-4-12-33-20)23-22(16-29)25(32)30(28-23)19-5-2-1-3-6-19/h1-3,5-6,8-11,20-23,28H,4,7,12-16H2,(H,27,31). The molecule has 2 amide bonds. The minimum atomic E-state index is -0.400. The van der Waals surface area contributed by atoms with E-state index in [2.05, 4.69) is 15.6 Å². The van der Waals surface area contributed by atoms with Crippen LogP contribution >= 0.6 is 0 Å². The van der Waals surface area contributed by atoms with E-state index in [1.165, 1.54) is 12.1 Å². The number of benzene rings is 2. The van der Waals surface area contributed by atoms with E-state index >= 15 is 0 Å². The second-order valence-electron chi connectivity index (χ2n) is 9.08. The van der Waals surface area contributed by atoms with E-state index in [0.717, 1.165) is 30.7 Å². The molecule has 2 aromatic rings. The monoisotopic (exact) mass is 452 g/mol. The molecule has 3 saturated heterocycles. The highest BCUT2D eigenvalue weighted by Gasteiger charge is 2.50. The Kier molecular flexibility index (Phi) is 6.39. The van der Waals surface area contributed by atoms with Gasteiger partial charge >= 0.3 is 0 Å². The van der Waals surface area contributed by atoms with Crippen molar-refractivity contribution in [2.45, 2.75) is 31.5 Å². The summed E-state index contributed by atoms with van der Waals surface area (Å²) in [5.74, 6) is -1.13. The molecule has 2 aromatic carbocycles. The van der Waals surface area contributed by atoms with E-state index in [-0.39, 0.29) is 35.7 Å². The minimum absolute atomic E-state index is 0.0352. The number of nitrogens with one attached hydrogen (secondary N) is 2. The smallest absolute Gasteiger partial charge is 0.247 e. The molecule has 0 aromatic heterocycles. The van der Waals surface area contributed by atoms with Crippen molar-refractivity contribution >= 4 is 17.5 Å². The number of anilines is 1. The molecule has 4 atom stereocenters. The average molecular weight is 453 g/mol. The highest BCUT2D eigenvalue weighted by atomic mass is 19.1. The zero-order chi connectivity index (χ0) is 22.8. The first-order valence-electron chi connectivity index (χ1n) is 11.6. The second kappa shape index (κ2) is 9.59. The SMILES string of the molecule is O=C(NCC1CCCO1)C1CN(Cc2ccc(F)cc2)CC2C(=O)N(c3ccccc3)NC12. The summed E-state index contributed by atoms with van der Waals surface area (Å²) in [5, 5.41) is 4.64. The Morgan fingerprint density at radius 3 is 2.64 bits per heavy atom. The van der Waals surface area contributed by atoms with Gasteiger partial charge in [-0.2, -0.15) is 0 Å². The predicted octanol–water partition coefficient (Wildman–Crippen LogP) is 2.09. The molecular formula is C25H29FN4O3. The Balaban J connectivity index is 1.35. The lowest BCUT2D eigenvalue weighted by atomic mass is 9.83. The van der Waals surface area contributed by atoms with Gasteiger partial charge in [-0.15, -0.1) is 0 Å². The molecule has 4 unspecified atom stereocenters. The Bertz CT molecular complexity index is 981. The lowest BCUT2D eigenvalue weighted by Crippen LogP contribution is -2.57. The highest BCUT2D eigenvalue weighted by Crippen LogP contribution is 2.32. The fourth-order valence-corrected chi connectivity index (χ4v) is 5.08. The molecule has 2 N–H and O–H groups in total. The van der Waals surface area contributed by atoms with Crippen LogP contribution in [-0.4, -0.2) is 55.1 Å². The van der Waals surface area contributed by atoms with Crippen molar-refractivity contribution in [3.63, 3.8) is 0 Å². The van der Waals surface area contributed by atoms with Crippen molar-refractivity contribution in [2.75, 3.05) is 31.3 Å². The van der Waals surface area contributed by atoms with Gasteiger partial charge in [-0.3, -0.25) is 14.5 Å². The number of halogens is 1. The van der Waals surface area contributed by atoms with E-state index < -0.39 is 5.92 Å². The van der Waals surface area contributed by atoms with Crippen LogP contribution in [0.1, 0.15) is 18.4 Å². The molecule has 3 aliphatic rings. The molecule has 33 heavy (non-hydrogen) atoms. The first kappa shape index (κ1) is 22.0. The van der Waals surface area contributed by atoms with Gasteiger partial charge in [0.1, 0.15) is 5.82 Å². The number of likely N-dealkylation sites (tertiary alicyclic amines) is 1. The topological polar surface area (TPSA) is 73.9 Å². The van der Waals surface area contributed by atoms with Crippen LogP contribution in [-0.2, 0) is 20.9 Å². The molecule has 8 heteroatoms. The maximum Gasteiger partial charge on any atom is 0.247 e. The summed E-state index contributed by atoms with van der Waals surface area (Å²) >= 11 is 0. The summed E-state index contributed by atoms with van der Waals surface area (Å²) in [4.78, 5) is 28.8. The second-order valence-corrected chi connectivity index (χ2v) is 9.08. The van der Waals surface area contributed by atoms with Gasteiger partial charge < -0.3 is 10.1 Å². The van der Waals surface area contributed by atoms with Crippen LogP contribution in [0, 0.1) is 17.7 Å². The zero-order valence-electron chi connectivity index (χ0n) is 18.5. The Hall–Kier alpha value is -2.81. The van der Waals surface area contributed by atoms with Gasteiger partial charge in [0.2, 0.25) is 11.8 Å². The molecule has 3 fully saturated rings. The first-order chi connectivity index (χ1) is 16.1. The van der Waals surface area contributed by atoms with Gasteiger partial charge in [-0.05, 0) is 42.7 Å². The first-order valence-corrected chi connectivity index (χ1v) is 11.6. The number of para-hydroxylation sites is 1. The molecular weight excluding hydrogens is 423 g/mol. The predicted molar refractivity (Wildman–Crippen MR) is 121 cm³/mol. The van der Waals surface area contributed by atoms with E-state index in [0.29, 0.717) is 26.2 Å². The largest absolute Gasteiger partial charge is 0.376 e. The average Bonchev–Trinajstić information content (AvgIpc) is 3.47. The number of carbonyl (C=O) groups is 2. The highest BCUT2D eigenvalue weighted by molar-refractivity contribution is 5.98. The maximum absolute atomic E-state index is 13.4.